The summed E-state index contributed by atoms with van der Waals surface area (Å²) in [4.78, 5) is 26.7. The lowest BCUT2D eigenvalue weighted by Gasteiger charge is -2.22. The minimum absolute atomic E-state index is 0.0843. The third kappa shape index (κ3) is 2.94. The first-order chi connectivity index (χ1) is 12.3. The summed E-state index contributed by atoms with van der Waals surface area (Å²) in [6, 6.07) is 8.31. The van der Waals surface area contributed by atoms with Crippen LogP contribution >= 0.6 is 0 Å². The molecule has 1 unspecified atom stereocenters. The largest absolute Gasteiger partial charge is 0.507 e. The zero-order valence-electron chi connectivity index (χ0n) is 15.5. The van der Waals surface area contributed by atoms with Crippen molar-refractivity contribution in [3.63, 3.8) is 0 Å². The minimum atomic E-state index is -0.703. The van der Waals surface area contributed by atoms with Crippen molar-refractivity contribution in [2.24, 2.45) is 0 Å². The van der Waals surface area contributed by atoms with Gasteiger partial charge in [0.05, 0.1) is 5.57 Å². The fourth-order valence-electron chi connectivity index (χ4n) is 3.29. The maximum atomic E-state index is 12.7. The van der Waals surface area contributed by atoms with Gasteiger partial charge in [-0.15, -0.1) is 0 Å². The zero-order chi connectivity index (χ0) is 19.0. The van der Waals surface area contributed by atoms with Crippen molar-refractivity contribution in [3.8, 4) is 0 Å². The second-order valence-corrected chi connectivity index (χ2v) is 6.74. The van der Waals surface area contributed by atoms with Crippen molar-refractivity contribution in [2.45, 2.75) is 40.2 Å². The molecular weight excluding hydrogens is 330 g/mol. The number of amides is 1. The first kappa shape index (κ1) is 18.0. The van der Waals surface area contributed by atoms with Gasteiger partial charge in [0, 0.05) is 12.1 Å². The fourth-order valence-corrected chi connectivity index (χ4v) is 3.29. The van der Waals surface area contributed by atoms with Crippen molar-refractivity contribution in [1.29, 1.82) is 0 Å². The van der Waals surface area contributed by atoms with Gasteiger partial charge in [-0.2, -0.15) is 0 Å². The molecule has 0 spiro atoms. The van der Waals surface area contributed by atoms with E-state index in [0.29, 0.717) is 30.0 Å². The highest BCUT2D eigenvalue weighted by molar-refractivity contribution is 6.46. The monoisotopic (exact) mass is 353 g/mol. The lowest BCUT2D eigenvalue weighted by molar-refractivity contribution is -0.140. The van der Waals surface area contributed by atoms with Crippen molar-refractivity contribution >= 4 is 17.4 Å². The number of Topliss-reactive ketones (excluding diaryl/α,β-unsaturated/α-hetero) is 1. The maximum Gasteiger partial charge on any atom is 0.295 e. The number of ketones is 1. The van der Waals surface area contributed by atoms with Gasteiger partial charge >= 0.3 is 0 Å². The Kier molecular flexibility index (Phi) is 4.72. The molecule has 1 aromatic heterocycles. The van der Waals surface area contributed by atoms with E-state index in [1.54, 1.807) is 25.1 Å². The molecule has 5 nitrogen and oxygen atoms in total. The van der Waals surface area contributed by atoms with Crippen molar-refractivity contribution < 1.29 is 19.1 Å². The van der Waals surface area contributed by atoms with Crippen LogP contribution in [-0.2, 0) is 9.59 Å². The van der Waals surface area contributed by atoms with E-state index in [0.717, 1.165) is 11.1 Å². The number of rotatable bonds is 4. The molecule has 2 heterocycles. The number of aryl methyl sites for hydroxylation is 3. The number of benzene rings is 1. The van der Waals surface area contributed by atoms with Crippen LogP contribution in [0.25, 0.3) is 5.76 Å². The molecule has 1 saturated heterocycles. The van der Waals surface area contributed by atoms with Crippen LogP contribution in [0.2, 0.25) is 0 Å². The predicted molar refractivity (Wildman–Crippen MR) is 98.7 cm³/mol. The smallest absolute Gasteiger partial charge is 0.295 e. The summed E-state index contributed by atoms with van der Waals surface area (Å²) in [5.41, 5.74) is 2.70. The Morgan fingerprint density at radius 3 is 2.42 bits per heavy atom. The van der Waals surface area contributed by atoms with E-state index in [9.17, 15) is 14.7 Å². The van der Waals surface area contributed by atoms with Crippen LogP contribution < -0.4 is 0 Å². The van der Waals surface area contributed by atoms with Gasteiger partial charge in [0.15, 0.2) is 0 Å². The molecule has 1 N–H and O–H groups in total. The van der Waals surface area contributed by atoms with Gasteiger partial charge in [0.25, 0.3) is 11.7 Å². The van der Waals surface area contributed by atoms with E-state index >= 15 is 0 Å². The molecule has 0 aliphatic carbocycles. The standard InChI is InChI=1S/C21H23NO4/c1-5-10-22-18(16-9-7-14(4)26-16)17(20(24)21(22)25)19(23)15-8-6-12(2)13(3)11-15/h6-9,11,18,23H,5,10H2,1-4H3/b19-17-. The van der Waals surface area contributed by atoms with E-state index in [2.05, 4.69) is 0 Å². The molecule has 5 heteroatoms. The third-order valence-electron chi connectivity index (χ3n) is 4.82. The SMILES string of the molecule is CCCN1C(=O)C(=O)/C(=C(\O)c2ccc(C)c(C)c2)C1c1ccc(C)o1. The average Bonchev–Trinajstić information content (AvgIpc) is 3.13. The summed E-state index contributed by atoms with van der Waals surface area (Å²) in [7, 11) is 0. The Hall–Kier alpha value is -2.82. The number of hydrogen-bond donors (Lipinski definition) is 1. The van der Waals surface area contributed by atoms with E-state index in [1.165, 1.54) is 4.90 Å². The molecule has 1 atom stereocenters. The van der Waals surface area contributed by atoms with E-state index in [-0.39, 0.29) is 11.3 Å². The first-order valence-electron chi connectivity index (χ1n) is 8.77. The number of nitrogens with zero attached hydrogens (tertiary/aromatic N) is 1. The van der Waals surface area contributed by atoms with Crippen molar-refractivity contribution in [2.75, 3.05) is 6.54 Å². The fraction of sp³-hybridized carbons (Fsp3) is 0.333. The molecule has 1 amide bonds. The molecule has 2 aromatic rings. The summed E-state index contributed by atoms with van der Waals surface area (Å²) in [6.45, 7) is 8.07. The summed E-state index contributed by atoms with van der Waals surface area (Å²) in [5.74, 6) is -0.262. The first-order valence-corrected chi connectivity index (χ1v) is 8.77. The Morgan fingerprint density at radius 1 is 1.12 bits per heavy atom. The average molecular weight is 353 g/mol. The van der Waals surface area contributed by atoms with Gasteiger partial charge in [-0.1, -0.05) is 19.1 Å². The van der Waals surface area contributed by atoms with Crippen LogP contribution in [0.5, 0.6) is 0 Å². The second kappa shape index (κ2) is 6.83. The topological polar surface area (TPSA) is 70.8 Å². The molecule has 26 heavy (non-hydrogen) atoms. The van der Waals surface area contributed by atoms with Crippen molar-refractivity contribution in [3.05, 3.63) is 64.1 Å². The highest BCUT2D eigenvalue weighted by Crippen LogP contribution is 2.40. The number of aliphatic hydroxyl groups excluding tert-OH is 1. The lowest BCUT2D eigenvalue weighted by Crippen LogP contribution is -2.30. The number of carbonyl (C=O) groups excluding carboxylic acids is 2. The Bertz CT molecular complexity index is 906. The normalized spacial score (nSPS) is 19.4. The van der Waals surface area contributed by atoms with Gasteiger partial charge in [-0.25, -0.2) is 0 Å². The number of carbonyl (C=O) groups is 2. The molecule has 0 radical (unpaired) electrons. The van der Waals surface area contributed by atoms with E-state index in [4.69, 9.17) is 4.42 Å². The molecule has 1 fully saturated rings. The molecular formula is C21H23NO4. The van der Waals surface area contributed by atoms with Crippen LogP contribution in [0.1, 0.15) is 47.6 Å². The van der Waals surface area contributed by atoms with Gasteiger partial charge < -0.3 is 14.4 Å². The summed E-state index contributed by atoms with van der Waals surface area (Å²) in [6.07, 6.45) is 0.701. The van der Waals surface area contributed by atoms with Gasteiger partial charge in [0.1, 0.15) is 23.3 Å². The summed E-state index contributed by atoms with van der Waals surface area (Å²) >= 11 is 0. The van der Waals surface area contributed by atoms with Crippen molar-refractivity contribution in [1.82, 2.24) is 4.90 Å². The van der Waals surface area contributed by atoms with E-state index < -0.39 is 17.7 Å². The molecule has 1 aromatic carbocycles. The molecule has 0 bridgehead atoms. The third-order valence-corrected chi connectivity index (χ3v) is 4.82. The van der Waals surface area contributed by atoms with Crippen LogP contribution in [0.3, 0.4) is 0 Å². The lowest BCUT2D eigenvalue weighted by atomic mass is 9.97. The van der Waals surface area contributed by atoms with Crippen LogP contribution in [0.4, 0.5) is 0 Å². The zero-order valence-corrected chi connectivity index (χ0v) is 15.5. The highest BCUT2D eigenvalue weighted by atomic mass is 16.3. The Labute approximate surface area is 152 Å². The highest BCUT2D eigenvalue weighted by Gasteiger charge is 2.47. The van der Waals surface area contributed by atoms with Gasteiger partial charge in [0.2, 0.25) is 0 Å². The molecule has 1 aliphatic heterocycles. The Balaban J connectivity index is 2.19. The maximum absolute atomic E-state index is 12.7. The molecule has 1 aliphatic rings. The van der Waals surface area contributed by atoms with Crippen LogP contribution in [-0.4, -0.2) is 28.2 Å². The van der Waals surface area contributed by atoms with Crippen LogP contribution in [0.15, 0.2) is 40.3 Å². The number of likely N-dealkylation sites (tertiary alicyclic amines) is 1. The summed E-state index contributed by atoms with van der Waals surface area (Å²) < 4.78 is 5.71. The van der Waals surface area contributed by atoms with Crippen LogP contribution in [0, 0.1) is 20.8 Å². The molecule has 3 rings (SSSR count). The minimum Gasteiger partial charge on any atom is -0.507 e. The van der Waals surface area contributed by atoms with E-state index in [1.807, 2.05) is 32.9 Å². The molecule has 136 valence electrons. The predicted octanol–water partition coefficient (Wildman–Crippen LogP) is 4.04. The summed E-state index contributed by atoms with van der Waals surface area (Å²) in [5, 5.41) is 10.9. The van der Waals surface area contributed by atoms with Gasteiger partial charge in [-0.05, 0) is 56.5 Å². The number of hydrogen-bond acceptors (Lipinski definition) is 4. The molecule has 0 saturated carbocycles. The number of furan rings is 1. The quantitative estimate of drug-likeness (QED) is 0.512. The second-order valence-electron chi connectivity index (χ2n) is 6.74. The Morgan fingerprint density at radius 2 is 1.85 bits per heavy atom. The number of aliphatic hydroxyl groups is 1. The van der Waals surface area contributed by atoms with Gasteiger partial charge in [-0.3, -0.25) is 9.59 Å².